The molecule has 0 radical (unpaired) electrons. The quantitative estimate of drug-likeness (QED) is 0.864. The molecule has 2 aliphatic rings. The zero-order chi connectivity index (χ0) is 15.0. The molecule has 0 atom stereocenters. The third-order valence-corrected chi connectivity index (χ3v) is 4.84. The van der Waals surface area contributed by atoms with E-state index in [1.165, 1.54) is 17.3 Å². The number of nitrogens with zero attached hydrogens (tertiary/aromatic N) is 2. The van der Waals surface area contributed by atoms with Gasteiger partial charge < -0.3 is 5.11 Å². The number of imide groups is 1. The lowest BCUT2D eigenvalue weighted by atomic mass is 9.77. The summed E-state index contributed by atoms with van der Waals surface area (Å²) in [6.45, 7) is 2.25. The Morgan fingerprint density at radius 1 is 1.29 bits per heavy atom. The molecule has 0 spiro atoms. The van der Waals surface area contributed by atoms with E-state index in [9.17, 15) is 14.7 Å². The molecule has 0 aromatic carbocycles. The van der Waals surface area contributed by atoms with Gasteiger partial charge in [-0.3, -0.25) is 19.5 Å². The monoisotopic (exact) mass is 288 g/mol. The summed E-state index contributed by atoms with van der Waals surface area (Å²) in [6.07, 6.45) is 7.26. The van der Waals surface area contributed by atoms with Crippen LogP contribution in [0.2, 0.25) is 0 Å². The second kappa shape index (κ2) is 5.22. The zero-order valence-corrected chi connectivity index (χ0v) is 12.2. The van der Waals surface area contributed by atoms with Crippen molar-refractivity contribution in [1.82, 2.24) is 9.88 Å². The third-order valence-electron chi connectivity index (χ3n) is 4.84. The second-order valence-electron chi connectivity index (χ2n) is 6.19. The molecule has 2 amide bonds. The average molecular weight is 288 g/mol. The first-order valence-electron chi connectivity index (χ1n) is 7.56. The van der Waals surface area contributed by atoms with Crippen LogP contribution in [0.25, 0.3) is 0 Å². The highest BCUT2D eigenvalue weighted by Gasteiger charge is 2.42. The van der Waals surface area contributed by atoms with Gasteiger partial charge in [-0.1, -0.05) is 13.3 Å². The molecule has 112 valence electrons. The molecular formula is C16H20N2O3. The molecule has 21 heavy (non-hydrogen) atoms. The maximum absolute atomic E-state index is 12.3. The van der Waals surface area contributed by atoms with E-state index in [0.717, 1.165) is 19.3 Å². The van der Waals surface area contributed by atoms with E-state index in [1.54, 1.807) is 6.07 Å². The minimum absolute atomic E-state index is 0.0930. The molecule has 0 bridgehead atoms. The van der Waals surface area contributed by atoms with Crippen molar-refractivity contribution in [3.63, 3.8) is 0 Å². The fourth-order valence-corrected chi connectivity index (χ4v) is 3.35. The molecular weight excluding hydrogens is 268 g/mol. The van der Waals surface area contributed by atoms with Crippen LogP contribution in [0.4, 0.5) is 0 Å². The number of aliphatic hydroxyl groups is 1. The normalized spacial score (nSPS) is 28.9. The maximum atomic E-state index is 12.3. The lowest BCUT2D eigenvalue weighted by Gasteiger charge is -2.37. The molecule has 1 fully saturated rings. The van der Waals surface area contributed by atoms with E-state index in [1.807, 2.05) is 0 Å². The molecule has 5 nitrogen and oxygen atoms in total. The molecule has 1 aliphatic carbocycles. The number of pyridine rings is 1. The van der Waals surface area contributed by atoms with Crippen LogP contribution in [0.1, 0.15) is 59.7 Å². The van der Waals surface area contributed by atoms with E-state index < -0.39 is 5.60 Å². The number of hydrogen-bond donors (Lipinski definition) is 1. The SMILES string of the molecule is CCC1CCC(O)(CN2C(=O)c3ccncc3C2=O)CC1. The summed E-state index contributed by atoms with van der Waals surface area (Å²) in [7, 11) is 0. The Morgan fingerprint density at radius 3 is 2.57 bits per heavy atom. The number of hydrogen-bond acceptors (Lipinski definition) is 4. The van der Waals surface area contributed by atoms with Gasteiger partial charge >= 0.3 is 0 Å². The molecule has 5 heteroatoms. The Balaban J connectivity index is 1.75. The van der Waals surface area contributed by atoms with Gasteiger partial charge in [0.05, 0.1) is 23.3 Å². The predicted molar refractivity (Wildman–Crippen MR) is 76.8 cm³/mol. The molecule has 1 saturated carbocycles. The number of carbonyl (C=O) groups excluding carboxylic acids is 2. The molecule has 1 aromatic rings. The second-order valence-corrected chi connectivity index (χ2v) is 6.19. The first kappa shape index (κ1) is 14.2. The van der Waals surface area contributed by atoms with Crippen molar-refractivity contribution in [2.75, 3.05) is 6.54 Å². The summed E-state index contributed by atoms with van der Waals surface area (Å²) in [5, 5.41) is 10.7. The summed E-state index contributed by atoms with van der Waals surface area (Å²) in [5.74, 6) is -0.00534. The minimum Gasteiger partial charge on any atom is -0.388 e. The molecule has 0 saturated heterocycles. The highest BCUT2D eigenvalue weighted by molar-refractivity contribution is 6.21. The van der Waals surface area contributed by atoms with Crippen LogP contribution in [0.5, 0.6) is 0 Å². The number of amides is 2. The van der Waals surface area contributed by atoms with Crippen molar-refractivity contribution in [3.05, 3.63) is 29.6 Å². The zero-order valence-electron chi connectivity index (χ0n) is 12.2. The maximum Gasteiger partial charge on any atom is 0.263 e. The smallest absolute Gasteiger partial charge is 0.263 e. The van der Waals surface area contributed by atoms with Crippen LogP contribution in [0.15, 0.2) is 18.5 Å². The van der Waals surface area contributed by atoms with Crippen LogP contribution in [-0.4, -0.2) is 39.0 Å². The Morgan fingerprint density at radius 2 is 1.95 bits per heavy atom. The molecule has 1 aromatic heterocycles. The van der Waals surface area contributed by atoms with Gasteiger partial charge in [-0.05, 0) is 37.7 Å². The van der Waals surface area contributed by atoms with Crippen LogP contribution < -0.4 is 0 Å². The largest absolute Gasteiger partial charge is 0.388 e. The summed E-state index contributed by atoms with van der Waals surface area (Å²) >= 11 is 0. The highest BCUT2D eigenvalue weighted by Crippen LogP contribution is 2.35. The van der Waals surface area contributed by atoms with Gasteiger partial charge in [-0.25, -0.2) is 0 Å². The fraction of sp³-hybridized carbons (Fsp3) is 0.562. The van der Waals surface area contributed by atoms with E-state index in [4.69, 9.17) is 0 Å². The summed E-state index contributed by atoms with van der Waals surface area (Å²) in [5.41, 5.74) is -0.207. The average Bonchev–Trinajstić information content (AvgIpc) is 2.74. The van der Waals surface area contributed by atoms with Gasteiger partial charge in [0.15, 0.2) is 0 Å². The van der Waals surface area contributed by atoms with Gasteiger partial charge in [-0.2, -0.15) is 0 Å². The van der Waals surface area contributed by atoms with Crippen molar-refractivity contribution in [2.24, 2.45) is 5.92 Å². The van der Waals surface area contributed by atoms with Gasteiger partial charge in [0.2, 0.25) is 0 Å². The van der Waals surface area contributed by atoms with E-state index in [0.29, 0.717) is 29.9 Å². The lowest BCUT2D eigenvalue weighted by molar-refractivity contribution is -0.0281. The minimum atomic E-state index is -0.938. The lowest BCUT2D eigenvalue weighted by Crippen LogP contribution is -2.47. The van der Waals surface area contributed by atoms with Crippen molar-refractivity contribution in [3.8, 4) is 0 Å². The summed E-state index contributed by atoms with van der Waals surface area (Å²) < 4.78 is 0. The van der Waals surface area contributed by atoms with E-state index in [2.05, 4.69) is 11.9 Å². The number of aromatic nitrogens is 1. The van der Waals surface area contributed by atoms with Gasteiger partial charge in [0.25, 0.3) is 11.8 Å². The fourth-order valence-electron chi connectivity index (χ4n) is 3.35. The number of fused-ring (bicyclic) bond motifs is 1. The van der Waals surface area contributed by atoms with Crippen LogP contribution in [0.3, 0.4) is 0 Å². The van der Waals surface area contributed by atoms with Gasteiger partial charge in [-0.15, -0.1) is 0 Å². The van der Waals surface area contributed by atoms with Gasteiger partial charge in [0, 0.05) is 12.4 Å². The van der Waals surface area contributed by atoms with Crippen LogP contribution >= 0.6 is 0 Å². The Bertz CT molecular complexity index is 542. The Kier molecular flexibility index (Phi) is 3.53. The summed E-state index contributed by atoms with van der Waals surface area (Å²) in [4.78, 5) is 29.7. The van der Waals surface area contributed by atoms with Crippen molar-refractivity contribution >= 4 is 11.8 Å². The molecule has 0 unspecified atom stereocenters. The number of β-amino-alcohol motifs (C(OH)–C–C–N with tert-alkyl or cyclic N) is 1. The van der Waals surface area contributed by atoms with Crippen LogP contribution in [0, 0.1) is 5.92 Å². The molecule has 1 N–H and O–H groups in total. The van der Waals surface area contributed by atoms with Crippen molar-refractivity contribution < 1.29 is 14.7 Å². The van der Waals surface area contributed by atoms with Gasteiger partial charge in [0.1, 0.15) is 0 Å². The Hall–Kier alpha value is -1.75. The van der Waals surface area contributed by atoms with E-state index >= 15 is 0 Å². The Labute approximate surface area is 124 Å². The molecule has 3 rings (SSSR count). The first-order valence-corrected chi connectivity index (χ1v) is 7.56. The number of rotatable bonds is 3. The molecule has 1 aliphatic heterocycles. The van der Waals surface area contributed by atoms with E-state index in [-0.39, 0.29) is 18.4 Å². The van der Waals surface area contributed by atoms with Crippen molar-refractivity contribution in [2.45, 2.75) is 44.6 Å². The predicted octanol–water partition coefficient (Wildman–Crippen LogP) is 2.01. The summed E-state index contributed by atoms with van der Waals surface area (Å²) in [6, 6.07) is 1.56. The molecule has 2 heterocycles. The topological polar surface area (TPSA) is 70.5 Å². The van der Waals surface area contributed by atoms with Crippen molar-refractivity contribution in [1.29, 1.82) is 0 Å². The number of carbonyl (C=O) groups is 2. The standard InChI is InChI=1S/C16H20N2O3/c1-2-11-3-6-16(21,7-4-11)10-18-14(19)12-5-8-17-9-13(12)15(18)20/h5,8-9,11,21H,2-4,6-7,10H2,1H3. The first-order chi connectivity index (χ1) is 10.0. The van der Waals surface area contributed by atoms with Crippen LogP contribution in [-0.2, 0) is 0 Å². The third kappa shape index (κ3) is 2.46. The highest BCUT2D eigenvalue weighted by atomic mass is 16.3.